The summed E-state index contributed by atoms with van der Waals surface area (Å²) in [6, 6.07) is 5.22. The minimum Gasteiger partial charge on any atom is -0.283 e. The molecule has 2 rings (SSSR count). The van der Waals surface area contributed by atoms with Gasteiger partial charge in [-0.3, -0.25) is 4.72 Å². The third kappa shape index (κ3) is 2.14. The van der Waals surface area contributed by atoms with Gasteiger partial charge in [0.15, 0.2) is 0 Å². The van der Waals surface area contributed by atoms with Crippen LogP contribution in [0.2, 0.25) is 0 Å². The number of benzene rings is 1. The van der Waals surface area contributed by atoms with E-state index in [0.29, 0.717) is 12.8 Å². The van der Waals surface area contributed by atoms with Gasteiger partial charge < -0.3 is 0 Å². The zero-order valence-electron chi connectivity index (χ0n) is 8.27. The van der Waals surface area contributed by atoms with Crippen LogP contribution in [-0.4, -0.2) is 13.7 Å². The van der Waals surface area contributed by atoms with Crippen LogP contribution >= 0.6 is 0 Å². The van der Waals surface area contributed by atoms with Crippen LogP contribution < -0.4 is 4.72 Å². The Morgan fingerprint density at radius 1 is 1.44 bits per heavy atom. The highest BCUT2D eigenvalue weighted by atomic mass is 32.2. The molecule has 1 aliphatic rings. The Morgan fingerprint density at radius 3 is 2.69 bits per heavy atom. The summed E-state index contributed by atoms with van der Waals surface area (Å²) in [6.45, 7) is 0. The van der Waals surface area contributed by atoms with Crippen molar-refractivity contribution in [2.45, 2.75) is 18.1 Å². The lowest BCUT2D eigenvalue weighted by Gasteiger charge is -2.06. The molecule has 1 aromatic rings. The molecule has 0 unspecified atom stereocenters. The van der Waals surface area contributed by atoms with E-state index >= 15 is 0 Å². The van der Waals surface area contributed by atoms with Crippen LogP contribution in [0.1, 0.15) is 18.4 Å². The first kappa shape index (κ1) is 10.9. The monoisotopic (exact) mass is 240 g/mol. The van der Waals surface area contributed by atoms with E-state index in [1.165, 1.54) is 12.1 Å². The Labute approximate surface area is 92.8 Å². The van der Waals surface area contributed by atoms with Crippen LogP contribution in [0.15, 0.2) is 18.2 Å². The number of nitriles is 1. The Morgan fingerprint density at radius 2 is 2.12 bits per heavy atom. The fourth-order valence-electron chi connectivity index (χ4n) is 1.30. The summed E-state index contributed by atoms with van der Waals surface area (Å²) < 4.78 is 38.4. The van der Waals surface area contributed by atoms with Gasteiger partial charge in [0, 0.05) is 5.69 Å². The van der Waals surface area contributed by atoms with E-state index in [9.17, 15) is 12.8 Å². The number of halogens is 1. The predicted octanol–water partition coefficient (Wildman–Crippen LogP) is 1.60. The molecular formula is C10H9FN2O2S. The highest BCUT2D eigenvalue weighted by Crippen LogP contribution is 2.29. The van der Waals surface area contributed by atoms with Gasteiger partial charge >= 0.3 is 0 Å². The topological polar surface area (TPSA) is 70.0 Å². The first-order valence-corrected chi connectivity index (χ1v) is 6.29. The van der Waals surface area contributed by atoms with Gasteiger partial charge in [-0.1, -0.05) is 0 Å². The molecule has 1 saturated carbocycles. The summed E-state index contributed by atoms with van der Waals surface area (Å²) in [4.78, 5) is 0. The molecule has 0 spiro atoms. The molecule has 1 fully saturated rings. The summed E-state index contributed by atoms with van der Waals surface area (Å²) in [5.41, 5.74) is 0.0563. The lowest BCUT2D eigenvalue weighted by atomic mass is 10.2. The summed E-state index contributed by atoms with van der Waals surface area (Å²) in [7, 11) is -3.36. The van der Waals surface area contributed by atoms with Gasteiger partial charge in [0.2, 0.25) is 10.0 Å². The molecule has 1 N–H and O–H groups in total. The smallest absolute Gasteiger partial charge is 0.235 e. The van der Waals surface area contributed by atoms with Crippen molar-refractivity contribution in [1.82, 2.24) is 0 Å². The zero-order chi connectivity index (χ0) is 11.8. The maximum Gasteiger partial charge on any atom is 0.235 e. The third-order valence-corrected chi connectivity index (χ3v) is 4.18. The average molecular weight is 240 g/mol. The fourth-order valence-corrected chi connectivity index (χ4v) is 2.68. The van der Waals surface area contributed by atoms with Crippen molar-refractivity contribution in [3.05, 3.63) is 29.6 Å². The first-order valence-electron chi connectivity index (χ1n) is 4.74. The highest BCUT2D eigenvalue weighted by Gasteiger charge is 2.35. The van der Waals surface area contributed by atoms with Gasteiger partial charge in [0.25, 0.3) is 0 Å². The van der Waals surface area contributed by atoms with Crippen LogP contribution in [0.5, 0.6) is 0 Å². The van der Waals surface area contributed by atoms with Gasteiger partial charge in [-0.15, -0.1) is 0 Å². The Hall–Kier alpha value is -1.61. The molecule has 0 saturated heterocycles. The van der Waals surface area contributed by atoms with Gasteiger partial charge in [0.05, 0.1) is 10.8 Å². The third-order valence-electron chi connectivity index (χ3n) is 2.31. The maximum atomic E-state index is 13.0. The van der Waals surface area contributed by atoms with Crippen molar-refractivity contribution in [2.75, 3.05) is 4.72 Å². The minimum absolute atomic E-state index is 0.170. The molecule has 0 amide bonds. The largest absolute Gasteiger partial charge is 0.283 e. The van der Waals surface area contributed by atoms with Crippen LogP contribution in [0, 0.1) is 17.1 Å². The number of hydrogen-bond donors (Lipinski definition) is 1. The van der Waals surface area contributed by atoms with Gasteiger partial charge in [-0.2, -0.15) is 5.26 Å². The second kappa shape index (κ2) is 3.76. The molecule has 0 atom stereocenters. The lowest BCUT2D eigenvalue weighted by molar-refractivity contribution is 0.599. The molecule has 84 valence electrons. The average Bonchev–Trinajstić information content (AvgIpc) is 3.04. The summed E-state index contributed by atoms with van der Waals surface area (Å²) >= 11 is 0. The second-order valence-corrected chi connectivity index (χ2v) is 5.61. The Bertz CT molecular complexity index is 559. The summed E-state index contributed by atoms with van der Waals surface area (Å²) in [5, 5.41) is 8.25. The quantitative estimate of drug-likeness (QED) is 0.872. The molecule has 1 aromatic carbocycles. The Balaban J connectivity index is 2.26. The van der Waals surface area contributed by atoms with E-state index in [4.69, 9.17) is 5.26 Å². The van der Waals surface area contributed by atoms with E-state index < -0.39 is 15.8 Å². The van der Waals surface area contributed by atoms with Gasteiger partial charge in [-0.25, -0.2) is 12.8 Å². The van der Waals surface area contributed by atoms with Crippen molar-refractivity contribution in [3.8, 4) is 6.07 Å². The number of rotatable bonds is 3. The van der Waals surface area contributed by atoms with Crippen molar-refractivity contribution in [2.24, 2.45) is 0 Å². The molecule has 0 bridgehead atoms. The van der Waals surface area contributed by atoms with Crippen LogP contribution in [0.25, 0.3) is 0 Å². The molecule has 1 aliphatic carbocycles. The first-order chi connectivity index (χ1) is 7.53. The van der Waals surface area contributed by atoms with Crippen LogP contribution in [0.3, 0.4) is 0 Å². The number of sulfonamides is 1. The molecule has 4 nitrogen and oxygen atoms in total. The lowest BCUT2D eigenvalue weighted by Crippen LogP contribution is -2.17. The second-order valence-electron chi connectivity index (χ2n) is 3.65. The molecule has 0 aliphatic heterocycles. The van der Waals surface area contributed by atoms with Crippen molar-refractivity contribution in [3.63, 3.8) is 0 Å². The molecule has 6 heteroatoms. The van der Waals surface area contributed by atoms with Crippen LogP contribution in [0.4, 0.5) is 10.1 Å². The highest BCUT2D eigenvalue weighted by molar-refractivity contribution is 7.93. The summed E-state index contributed by atoms with van der Waals surface area (Å²) in [5.74, 6) is -0.656. The number of hydrogen-bond acceptors (Lipinski definition) is 3. The summed E-state index contributed by atoms with van der Waals surface area (Å²) in [6.07, 6.45) is 1.31. The predicted molar refractivity (Wildman–Crippen MR) is 56.7 cm³/mol. The fraction of sp³-hybridized carbons (Fsp3) is 0.300. The zero-order valence-corrected chi connectivity index (χ0v) is 9.09. The van der Waals surface area contributed by atoms with Crippen molar-refractivity contribution >= 4 is 15.7 Å². The molecule has 0 aromatic heterocycles. The number of nitrogens with zero attached hydrogens (tertiary/aromatic N) is 1. The molecule has 16 heavy (non-hydrogen) atoms. The van der Waals surface area contributed by atoms with Crippen molar-refractivity contribution < 1.29 is 12.8 Å². The standard InChI is InChI=1S/C10H9FN2O2S/c11-10-4-1-8(5-7(10)6-12)13-16(14,15)9-2-3-9/h1,4-5,9,13H,2-3H2. The number of anilines is 1. The normalized spacial score (nSPS) is 15.5. The Kier molecular flexibility index (Phi) is 2.56. The number of nitrogens with one attached hydrogen (secondary N) is 1. The van der Waals surface area contributed by atoms with E-state index in [1.807, 2.05) is 0 Å². The van der Waals surface area contributed by atoms with E-state index in [0.717, 1.165) is 6.07 Å². The maximum absolute atomic E-state index is 13.0. The van der Waals surface area contributed by atoms with E-state index in [2.05, 4.69) is 4.72 Å². The molecule has 0 radical (unpaired) electrons. The molecule has 0 heterocycles. The van der Waals surface area contributed by atoms with E-state index in [-0.39, 0.29) is 16.5 Å². The van der Waals surface area contributed by atoms with Crippen molar-refractivity contribution in [1.29, 1.82) is 5.26 Å². The molecular weight excluding hydrogens is 231 g/mol. The minimum atomic E-state index is -3.36. The van der Waals surface area contributed by atoms with Gasteiger partial charge in [-0.05, 0) is 31.0 Å². The van der Waals surface area contributed by atoms with Crippen LogP contribution in [-0.2, 0) is 10.0 Å². The van der Waals surface area contributed by atoms with Gasteiger partial charge in [0.1, 0.15) is 11.9 Å². The SMILES string of the molecule is N#Cc1cc(NS(=O)(=O)C2CC2)ccc1F. The van der Waals surface area contributed by atoms with E-state index in [1.54, 1.807) is 6.07 Å².